The molecule has 2 N–H and O–H groups in total. The summed E-state index contributed by atoms with van der Waals surface area (Å²) in [6, 6.07) is 4.22. The van der Waals surface area contributed by atoms with Crippen LogP contribution in [0.1, 0.15) is 33.3 Å². The molecule has 0 spiro atoms. The van der Waals surface area contributed by atoms with Crippen molar-refractivity contribution in [2.75, 3.05) is 11.4 Å². The average Bonchev–Trinajstić information content (AvgIpc) is 2.41. The van der Waals surface area contributed by atoms with Gasteiger partial charge in [0.2, 0.25) is 5.91 Å². The summed E-state index contributed by atoms with van der Waals surface area (Å²) in [6.45, 7) is 8.61. The number of anilines is 1. The second-order valence-corrected chi connectivity index (χ2v) is 6.08. The molecule has 21 heavy (non-hydrogen) atoms. The third-order valence-corrected chi connectivity index (χ3v) is 3.59. The van der Waals surface area contributed by atoms with Gasteiger partial charge >= 0.3 is 0 Å². The number of amides is 2. The van der Waals surface area contributed by atoms with Crippen molar-refractivity contribution in [1.82, 2.24) is 15.6 Å². The smallest absolute Gasteiger partial charge is 0.251 e. The van der Waals surface area contributed by atoms with Crippen LogP contribution in [0.2, 0.25) is 0 Å². The van der Waals surface area contributed by atoms with E-state index in [0.29, 0.717) is 11.9 Å². The number of imide groups is 1. The van der Waals surface area contributed by atoms with Gasteiger partial charge in [0.15, 0.2) is 0 Å². The van der Waals surface area contributed by atoms with Crippen LogP contribution in [0.15, 0.2) is 18.3 Å². The van der Waals surface area contributed by atoms with Crippen LogP contribution in [0.5, 0.6) is 0 Å². The fourth-order valence-electron chi connectivity index (χ4n) is 2.15. The number of hydrogen-bond acceptors (Lipinski definition) is 5. The standard InChI is InChI=1S/C15H22N4O2/c1-10(2)16-7-11-5-6-12(17-8-11)19-9-13(20)18-14(21)15(19,3)4/h5-6,8,10,16H,7,9H2,1-4H3,(H,18,20,21). The van der Waals surface area contributed by atoms with Crippen molar-refractivity contribution < 1.29 is 9.59 Å². The van der Waals surface area contributed by atoms with Gasteiger partial charge in [0.1, 0.15) is 11.4 Å². The highest BCUT2D eigenvalue weighted by Gasteiger charge is 2.41. The van der Waals surface area contributed by atoms with Crippen LogP contribution in [0, 0.1) is 0 Å². The Balaban J connectivity index is 2.17. The maximum atomic E-state index is 11.9. The number of pyridine rings is 1. The molecule has 1 saturated heterocycles. The number of carbonyl (C=O) groups is 2. The number of nitrogens with zero attached hydrogens (tertiary/aromatic N) is 2. The Bertz CT molecular complexity index is 537. The van der Waals surface area contributed by atoms with Crippen LogP contribution < -0.4 is 15.5 Å². The highest BCUT2D eigenvalue weighted by molar-refractivity contribution is 6.06. The van der Waals surface area contributed by atoms with E-state index in [-0.39, 0.29) is 18.4 Å². The van der Waals surface area contributed by atoms with Gasteiger partial charge in [0.25, 0.3) is 5.91 Å². The van der Waals surface area contributed by atoms with Gasteiger partial charge in [-0.05, 0) is 25.5 Å². The first-order chi connectivity index (χ1) is 9.80. The first-order valence-electron chi connectivity index (χ1n) is 7.11. The first-order valence-corrected chi connectivity index (χ1v) is 7.11. The van der Waals surface area contributed by atoms with Crippen molar-refractivity contribution in [3.05, 3.63) is 23.9 Å². The van der Waals surface area contributed by atoms with Gasteiger partial charge in [-0.2, -0.15) is 0 Å². The van der Waals surface area contributed by atoms with Crippen LogP contribution in [0.25, 0.3) is 0 Å². The molecule has 114 valence electrons. The molecule has 0 bridgehead atoms. The molecule has 1 aromatic heterocycles. The van der Waals surface area contributed by atoms with Crippen LogP contribution in [-0.4, -0.2) is 34.9 Å². The van der Waals surface area contributed by atoms with Gasteiger partial charge in [-0.3, -0.25) is 14.9 Å². The maximum absolute atomic E-state index is 11.9. The molecular weight excluding hydrogens is 268 g/mol. The predicted octanol–water partition coefficient (Wildman–Crippen LogP) is 0.821. The summed E-state index contributed by atoms with van der Waals surface area (Å²) >= 11 is 0. The Morgan fingerprint density at radius 1 is 1.38 bits per heavy atom. The molecule has 1 aliphatic rings. The molecule has 2 amide bonds. The normalized spacial score (nSPS) is 18.0. The van der Waals surface area contributed by atoms with E-state index in [0.717, 1.165) is 12.1 Å². The molecule has 0 aliphatic carbocycles. The summed E-state index contributed by atoms with van der Waals surface area (Å²) in [4.78, 5) is 29.6. The van der Waals surface area contributed by atoms with Crippen LogP contribution in [0.3, 0.4) is 0 Å². The van der Waals surface area contributed by atoms with Crippen molar-refractivity contribution in [2.24, 2.45) is 0 Å². The van der Waals surface area contributed by atoms with Crippen molar-refractivity contribution in [3.8, 4) is 0 Å². The van der Waals surface area contributed by atoms with E-state index in [1.807, 2.05) is 12.1 Å². The Labute approximate surface area is 124 Å². The SMILES string of the molecule is CC(C)NCc1ccc(N2CC(=O)NC(=O)C2(C)C)nc1. The van der Waals surface area contributed by atoms with E-state index in [1.54, 1.807) is 24.9 Å². The van der Waals surface area contributed by atoms with Gasteiger partial charge in [-0.1, -0.05) is 19.9 Å². The minimum Gasteiger partial charge on any atom is -0.333 e. The number of rotatable bonds is 4. The van der Waals surface area contributed by atoms with Crippen molar-refractivity contribution in [3.63, 3.8) is 0 Å². The number of carbonyl (C=O) groups excluding carboxylic acids is 2. The monoisotopic (exact) mass is 290 g/mol. The lowest BCUT2D eigenvalue weighted by Gasteiger charge is -2.40. The van der Waals surface area contributed by atoms with Gasteiger partial charge in [-0.25, -0.2) is 4.98 Å². The van der Waals surface area contributed by atoms with Gasteiger partial charge in [0, 0.05) is 18.8 Å². The highest BCUT2D eigenvalue weighted by atomic mass is 16.2. The van der Waals surface area contributed by atoms with Crippen molar-refractivity contribution in [1.29, 1.82) is 0 Å². The molecule has 1 aliphatic heterocycles. The van der Waals surface area contributed by atoms with E-state index in [4.69, 9.17) is 0 Å². The Morgan fingerprint density at radius 3 is 2.67 bits per heavy atom. The fraction of sp³-hybridized carbons (Fsp3) is 0.533. The predicted molar refractivity (Wildman–Crippen MR) is 80.8 cm³/mol. The molecule has 0 radical (unpaired) electrons. The summed E-state index contributed by atoms with van der Waals surface area (Å²) in [5.41, 5.74) is 0.275. The van der Waals surface area contributed by atoms with E-state index in [9.17, 15) is 9.59 Å². The average molecular weight is 290 g/mol. The van der Waals surface area contributed by atoms with Gasteiger partial charge in [-0.15, -0.1) is 0 Å². The fourth-order valence-corrected chi connectivity index (χ4v) is 2.15. The maximum Gasteiger partial charge on any atom is 0.251 e. The molecule has 0 atom stereocenters. The van der Waals surface area contributed by atoms with Crippen LogP contribution in [-0.2, 0) is 16.1 Å². The van der Waals surface area contributed by atoms with Crippen LogP contribution >= 0.6 is 0 Å². The van der Waals surface area contributed by atoms with Crippen LogP contribution in [0.4, 0.5) is 5.82 Å². The molecule has 2 heterocycles. The van der Waals surface area contributed by atoms with Crippen molar-refractivity contribution >= 4 is 17.6 Å². The summed E-state index contributed by atoms with van der Waals surface area (Å²) in [7, 11) is 0. The van der Waals surface area contributed by atoms with E-state index in [2.05, 4.69) is 29.5 Å². The summed E-state index contributed by atoms with van der Waals surface area (Å²) < 4.78 is 0. The summed E-state index contributed by atoms with van der Waals surface area (Å²) in [5, 5.41) is 5.68. The summed E-state index contributed by atoms with van der Waals surface area (Å²) in [5.74, 6) is 0.0364. The van der Waals surface area contributed by atoms with E-state index >= 15 is 0 Å². The number of aromatic nitrogens is 1. The lowest BCUT2D eigenvalue weighted by Crippen LogP contribution is -2.64. The lowest BCUT2D eigenvalue weighted by molar-refractivity contribution is -0.135. The Kier molecular flexibility index (Phi) is 4.27. The Hall–Kier alpha value is -1.95. The molecular formula is C15H22N4O2. The number of nitrogens with one attached hydrogen (secondary N) is 2. The third kappa shape index (κ3) is 3.39. The number of piperazine rings is 1. The zero-order valence-corrected chi connectivity index (χ0v) is 12.9. The quantitative estimate of drug-likeness (QED) is 0.803. The molecule has 6 heteroatoms. The molecule has 0 unspecified atom stereocenters. The summed E-state index contributed by atoms with van der Waals surface area (Å²) in [6.07, 6.45) is 1.78. The zero-order valence-electron chi connectivity index (χ0n) is 12.9. The molecule has 2 rings (SSSR count). The van der Waals surface area contributed by atoms with Gasteiger partial charge < -0.3 is 10.2 Å². The molecule has 0 saturated carbocycles. The highest BCUT2D eigenvalue weighted by Crippen LogP contribution is 2.24. The van der Waals surface area contributed by atoms with Gasteiger partial charge in [0.05, 0.1) is 6.54 Å². The van der Waals surface area contributed by atoms with E-state index in [1.165, 1.54) is 0 Å². The minimum atomic E-state index is -0.793. The van der Waals surface area contributed by atoms with E-state index < -0.39 is 5.54 Å². The first kappa shape index (κ1) is 15.4. The second-order valence-electron chi connectivity index (χ2n) is 6.08. The second kappa shape index (κ2) is 5.81. The molecule has 1 fully saturated rings. The van der Waals surface area contributed by atoms with Crippen molar-refractivity contribution in [2.45, 2.75) is 45.8 Å². The lowest BCUT2D eigenvalue weighted by atomic mass is 9.98. The third-order valence-electron chi connectivity index (χ3n) is 3.59. The molecule has 0 aromatic carbocycles. The topological polar surface area (TPSA) is 74.3 Å². The molecule has 6 nitrogen and oxygen atoms in total. The Morgan fingerprint density at radius 2 is 2.10 bits per heavy atom. The molecule has 1 aromatic rings. The minimum absolute atomic E-state index is 0.134. The number of hydrogen-bond donors (Lipinski definition) is 2. The largest absolute Gasteiger partial charge is 0.333 e. The zero-order chi connectivity index (χ0) is 15.6.